The zero-order chi connectivity index (χ0) is 13.7. The Balaban J connectivity index is 1.38. The molecule has 1 unspecified atom stereocenters. The lowest BCUT2D eigenvalue weighted by Crippen LogP contribution is -2.45. The quantitative estimate of drug-likeness (QED) is 0.916. The van der Waals surface area contributed by atoms with Crippen molar-refractivity contribution in [3.05, 3.63) is 11.8 Å². The summed E-state index contributed by atoms with van der Waals surface area (Å²) in [6.45, 7) is 1.82. The molecule has 0 amide bonds. The van der Waals surface area contributed by atoms with Crippen molar-refractivity contribution in [2.75, 3.05) is 0 Å². The molecule has 4 fully saturated rings. The van der Waals surface area contributed by atoms with Crippen molar-refractivity contribution >= 4 is 0 Å². The number of hydrogen-bond donors (Lipinski definition) is 1. The van der Waals surface area contributed by atoms with Gasteiger partial charge < -0.3 is 10.2 Å². The van der Waals surface area contributed by atoms with Gasteiger partial charge >= 0.3 is 0 Å². The maximum atomic E-state index is 6.22. The number of nitrogens with two attached hydrogens (primary N) is 1. The van der Waals surface area contributed by atoms with Crippen molar-refractivity contribution in [3.63, 3.8) is 0 Å². The molecule has 0 saturated heterocycles. The minimum absolute atomic E-state index is 0.0756. The zero-order valence-electron chi connectivity index (χ0n) is 12.3. The van der Waals surface area contributed by atoms with Gasteiger partial charge in [0.05, 0.1) is 6.04 Å². The van der Waals surface area contributed by atoms with E-state index in [1.165, 1.54) is 38.5 Å². The highest BCUT2D eigenvalue weighted by molar-refractivity contribution is 4.98. The summed E-state index contributed by atoms with van der Waals surface area (Å²) in [5, 5.41) is 7.94. The maximum Gasteiger partial charge on any atom is 0.233 e. The predicted molar refractivity (Wildman–Crippen MR) is 75.7 cm³/mol. The fraction of sp³-hybridized carbons (Fsp3) is 0.875. The first kappa shape index (κ1) is 12.8. The first-order chi connectivity index (χ1) is 9.69. The molecule has 110 valence electrons. The van der Waals surface area contributed by atoms with Crippen molar-refractivity contribution in [1.29, 1.82) is 0 Å². The monoisotopic (exact) mass is 275 g/mol. The summed E-state index contributed by atoms with van der Waals surface area (Å²) in [5.41, 5.74) is 6.22. The van der Waals surface area contributed by atoms with Crippen LogP contribution in [0.15, 0.2) is 4.42 Å². The van der Waals surface area contributed by atoms with Crippen LogP contribution in [0.1, 0.15) is 62.8 Å². The maximum absolute atomic E-state index is 6.22. The van der Waals surface area contributed by atoms with Gasteiger partial charge in [-0.1, -0.05) is 0 Å². The van der Waals surface area contributed by atoms with Crippen LogP contribution in [0.4, 0.5) is 0 Å². The lowest BCUT2D eigenvalue weighted by atomic mass is 9.51. The zero-order valence-corrected chi connectivity index (χ0v) is 12.3. The van der Waals surface area contributed by atoms with Crippen LogP contribution in [0.25, 0.3) is 0 Å². The van der Waals surface area contributed by atoms with Gasteiger partial charge in [-0.15, -0.1) is 10.2 Å². The molecule has 4 bridgehead atoms. The highest BCUT2D eigenvalue weighted by atomic mass is 16.4. The summed E-state index contributed by atoms with van der Waals surface area (Å²) in [4.78, 5) is 0. The topological polar surface area (TPSA) is 64.9 Å². The van der Waals surface area contributed by atoms with Crippen molar-refractivity contribution in [2.45, 2.75) is 57.9 Å². The standard InChI is InChI=1S/C16H25N3O/c1-9-18-19-16(20-9)15(17)3-2-14-12-5-10-4-11(7-12)8-13(14)6-10/h10-15H,2-8,17H2,1H3. The molecule has 0 aromatic carbocycles. The summed E-state index contributed by atoms with van der Waals surface area (Å²) in [5.74, 6) is 6.24. The molecular weight excluding hydrogens is 250 g/mol. The Morgan fingerprint density at radius 2 is 1.75 bits per heavy atom. The Morgan fingerprint density at radius 3 is 2.30 bits per heavy atom. The van der Waals surface area contributed by atoms with Crippen LogP contribution in [0.2, 0.25) is 0 Å². The Hall–Kier alpha value is -0.900. The van der Waals surface area contributed by atoms with Crippen LogP contribution < -0.4 is 5.73 Å². The highest BCUT2D eigenvalue weighted by Crippen LogP contribution is 2.57. The molecule has 0 aliphatic heterocycles. The SMILES string of the molecule is Cc1nnc(C(N)CCC2C3CC4CC(C3)CC2C4)o1. The highest BCUT2D eigenvalue weighted by Gasteiger charge is 2.47. The molecule has 1 heterocycles. The van der Waals surface area contributed by atoms with Crippen LogP contribution in [-0.4, -0.2) is 10.2 Å². The summed E-state index contributed by atoms with van der Waals surface area (Å²) < 4.78 is 5.46. The van der Waals surface area contributed by atoms with E-state index in [1.54, 1.807) is 0 Å². The van der Waals surface area contributed by atoms with Crippen LogP contribution in [0, 0.1) is 36.5 Å². The molecule has 4 saturated carbocycles. The second-order valence-corrected chi connectivity index (χ2v) is 7.44. The van der Waals surface area contributed by atoms with E-state index in [9.17, 15) is 0 Å². The predicted octanol–water partition coefficient (Wildman–Crippen LogP) is 3.23. The number of rotatable bonds is 4. The van der Waals surface area contributed by atoms with E-state index in [1.807, 2.05) is 6.92 Å². The van der Waals surface area contributed by atoms with Crippen molar-refractivity contribution in [3.8, 4) is 0 Å². The molecular formula is C16H25N3O. The lowest BCUT2D eigenvalue weighted by Gasteiger charge is -2.54. The Morgan fingerprint density at radius 1 is 1.10 bits per heavy atom. The summed E-state index contributed by atoms with van der Waals surface area (Å²) in [7, 11) is 0. The largest absolute Gasteiger partial charge is 0.424 e. The average molecular weight is 275 g/mol. The van der Waals surface area contributed by atoms with Gasteiger partial charge in [-0.25, -0.2) is 0 Å². The Bertz CT molecular complexity index is 456. The molecule has 4 aliphatic rings. The first-order valence-corrected chi connectivity index (χ1v) is 8.24. The third kappa shape index (κ3) is 2.18. The van der Waals surface area contributed by atoms with Crippen molar-refractivity contribution in [2.24, 2.45) is 35.3 Å². The summed E-state index contributed by atoms with van der Waals surface area (Å²) >= 11 is 0. The Labute approximate surface area is 120 Å². The van der Waals surface area contributed by atoms with Gasteiger partial charge in [-0.05, 0) is 74.5 Å². The molecule has 1 aromatic rings. The van der Waals surface area contributed by atoms with Gasteiger partial charge in [0, 0.05) is 6.92 Å². The molecule has 4 nitrogen and oxygen atoms in total. The molecule has 2 N–H and O–H groups in total. The second kappa shape index (κ2) is 4.83. The minimum atomic E-state index is -0.0756. The van der Waals surface area contributed by atoms with Crippen molar-refractivity contribution in [1.82, 2.24) is 10.2 Å². The van der Waals surface area contributed by atoms with Gasteiger partial charge in [-0.2, -0.15) is 0 Å². The number of nitrogens with zero attached hydrogens (tertiary/aromatic N) is 2. The molecule has 4 heteroatoms. The van der Waals surface area contributed by atoms with Gasteiger partial charge in [-0.3, -0.25) is 0 Å². The third-order valence-electron chi connectivity index (χ3n) is 6.09. The number of aromatic nitrogens is 2. The van der Waals surface area contributed by atoms with E-state index in [0.717, 1.165) is 36.0 Å². The normalized spacial score (nSPS) is 40.2. The number of aryl methyl sites for hydroxylation is 1. The van der Waals surface area contributed by atoms with Crippen LogP contribution >= 0.6 is 0 Å². The fourth-order valence-corrected chi connectivity index (χ4v) is 5.47. The van der Waals surface area contributed by atoms with E-state index >= 15 is 0 Å². The second-order valence-electron chi connectivity index (χ2n) is 7.44. The molecule has 0 spiro atoms. The molecule has 4 aliphatic carbocycles. The molecule has 0 radical (unpaired) electrons. The van der Waals surface area contributed by atoms with Gasteiger partial charge in [0.25, 0.3) is 0 Å². The number of hydrogen-bond acceptors (Lipinski definition) is 4. The van der Waals surface area contributed by atoms with Crippen LogP contribution in [0.3, 0.4) is 0 Å². The summed E-state index contributed by atoms with van der Waals surface area (Å²) in [6, 6.07) is -0.0756. The lowest BCUT2D eigenvalue weighted by molar-refractivity contribution is -0.0410. The van der Waals surface area contributed by atoms with E-state index in [4.69, 9.17) is 10.2 Å². The molecule has 1 aromatic heterocycles. The molecule has 5 rings (SSSR count). The average Bonchev–Trinajstić information content (AvgIpc) is 2.83. The van der Waals surface area contributed by atoms with Crippen molar-refractivity contribution < 1.29 is 4.42 Å². The fourth-order valence-electron chi connectivity index (χ4n) is 5.47. The van der Waals surface area contributed by atoms with Gasteiger partial charge in [0.15, 0.2) is 0 Å². The van der Waals surface area contributed by atoms with E-state index in [2.05, 4.69) is 10.2 Å². The first-order valence-electron chi connectivity index (χ1n) is 8.24. The molecule has 1 atom stereocenters. The van der Waals surface area contributed by atoms with E-state index < -0.39 is 0 Å². The Kier molecular flexibility index (Phi) is 3.09. The minimum Gasteiger partial charge on any atom is -0.424 e. The van der Waals surface area contributed by atoms with Crippen LogP contribution in [-0.2, 0) is 0 Å². The van der Waals surface area contributed by atoms with Gasteiger partial charge in [0.1, 0.15) is 0 Å². The third-order valence-corrected chi connectivity index (χ3v) is 6.09. The van der Waals surface area contributed by atoms with Crippen LogP contribution in [0.5, 0.6) is 0 Å². The molecule has 20 heavy (non-hydrogen) atoms. The smallest absolute Gasteiger partial charge is 0.233 e. The van der Waals surface area contributed by atoms with Gasteiger partial charge in [0.2, 0.25) is 11.8 Å². The summed E-state index contributed by atoms with van der Waals surface area (Å²) in [6.07, 6.45) is 9.74. The van der Waals surface area contributed by atoms with E-state index in [-0.39, 0.29) is 6.04 Å². The van der Waals surface area contributed by atoms with E-state index in [0.29, 0.717) is 11.8 Å².